The quantitative estimate of drug-likeness (QED) is 0.746. The average Bonchev–Trinajstić information content (AvgIpc) is 3.05. The van der Waals surface area contributed by atoms with Crippen molar-refractivity contribution in [2.45, 2.75) is 52.3 Å². The van der Waals surface area contributed by atoms with E-state index in [2.05, 4.69) is 15.5 Å². The number of carbonyl (C=O) groups is 2. The van der Waals surface area contributed by atoms with Crippen molar-refractivity contribution >= 4 is 17.7 Å². The summed E-state index contributed by atoms with van der Waals surface area (Å²) in [6.07, 6.45) is 0.00496. The maximum absolute atomic E-state index is 12.1. The van der Waals surface area contributed by atoms with Crippen LogP contribution in [-0.4, -0.2) is 45.7 Å². The third-order valence-corrected chi connectivity index (χ3v) is 3.95. The zero-order chi connectivity index (χ0) is 20.9. The number of rotatable bonds is 7. The fraction of sp³-hybridized carbons (Fsp3) is 0.474. The molecule has 9 heteroatoms. The normalized spacial score (nSPS) is 12.3. The van der Waals surface area contributed by atoms with Crippen LogP contribution in [0.3, 0.4) is 0 Å². The second-order valence-corrected chi connectivity index (χ2v) is 7.51. The molecule has 2 rings (SSSR count). The standard InChI is InChI=1S/C19H27N5O4/c1-12(24(5)18(26)27-19(2,3)4)10-15-22-16(28-23-15)11-21-14-9-7-6-8-13(14)17(20)25/h6-9,12,21H,10-11H2,1-5H3,(H2,20,25)/t12-/m0/s1. The van der Waals surface area contributed by atoms with Crippen LogP contribution in [0.1, 0.15) is 49.8 Å². The fourth-order valence-corrected chi connectivity index (χ4v) is 2.38. The van der Waals surface area contributed by atoms with Crippen molar-refractivity contribution in [3.63, 3.8) is 0 Å². The SMILES string of the molecule is C[C@@H](Cc1noc(CNc2ccccc2C(N)=O)n1)N(C)C(=O)OC(C)(C)C. The molecule has 1 aromatic heterocycles. The van der Waals surface area contributed by atoms with Crippen LogP contribution >= 0.6 is 0 Å². The van der Waals surface area contributed by atoms with Crippen LogP contribution in [-0.2, 0) is 17.7 Å². The van der Waals surface area contributed by atoms with Crippen LogP contribution in [0.2, 0.25) is 0 Å². The average molecular weight is 389 g/mol. The molecule has 9 nitrogen and oxygen atoms in total. The van der Waals surface area contributed by atoms with E-state index in [1.165, 1.54) is 4.90 Å². The summed E-state index contributed by atoms with van der Waals surface area (Å²) in [5, 5.41) is 7.01. The largest absolute Gasteiger partial charge is 0.444 e. The Morgan fingerprint density at radius 1 is 1.32 bits per heavy atom. The number of hydrogen-bond acceptors (Lipinski definition) is 7. The molecule has 3 N–H and O–H groups in total. The van der Waals surface area contributed by atoms with E-state index in [0.29, 0.717) is 29.4 Å². The number of amides is 2. The first-order valence-corrected chi connectivity index (χ1v) is 8.97. The second kappa shape index (κ2) is 8.73. The van der Waals surface area contributed by atoms with E-state index in [1.807, 2.05) is 27.7 Å². The number of primary amides is 1. The van der Waals surface area contributed by atoms with E-state index in [-0.39, 0.29) is 12.6 Å². The van der Waals surface area contributed by atoms with Gasteiger partial charge in [-0.05, 0) is 39.8 Å². The minimum absolute atomic E-state index is 0.177. The molecule has 2 aromatic rings. The molecule has 0 saturated carbocycles. The highest BCUT2D eigenvalue weighted by Gasteiger charge is 2.24. The van der Waals surface area contributed by atoms with Gasteiger partial charge in [-0.2, -0.15) is 4.98 Å². The number of anilines is 1. The van der Waals surface area contributed by atoms with Gasteiger partial charge in [0, 0.05) is 25.2 Å². The Labute approximate surface area is 164 Å². The zero-order valence-corrected chi connectivity index (χ0v) is 16.9. The minimum atomic E-state index is -0.558. The molecule has 2 amide bonds. The third kappa shape index (κ3) is 5.97. The third-order valence-electron chi connectivity index (χ3n) is 3.95. The molecular formula is C19H27N5O4. The Balaban J connectivity index is 1.93. The number of carbonyl (C=O) groups excluding carboxylic acids is 2. The summed E-state index contributed by atoms with van der Waals surface area (Å²) >= 11 is 0. The number of ether oxygens (including phenoxy) is 1. The molecule has 1 atom stereocenters. The maximum Gasteiger partial charge on any atom is 0.410 e. The Bertz CT molecular complexity index is 828. The van der Waals surface area contributed by atoms with E-state index in [9.17, 15) is 9.59 Å². The number of nitrogens with two attached hydrogens (primary N) is 1. The monoisotopic (exact) mass is 389 g/mol. The number of nitrogens with one attached hydrogen (secondary N) is 1. The first-order chi connectivity index (χ1) is 13.1. The lowest BCUT2D eigenvalue weighted by Gasteiger charge is -2.28. The molecular weight excluding hydrogens is 362 g/mol. The Hall–Kier alpha value is -3.10. The summed E-state index contributed by atoms with van der Waals surface area (Å²) in [4.78, 5) is 29.4. The number of aromatic nitrogens is 2. The van der Waals surface area contributed by atoms with E-state index < -0.39 is 17.6 Å². The Morgan fingerprint density at radius 3 is 2.64 bits per heavy atom. The Kier molecular flexibility index (Phi) is 6.61. The topological polar surface area (TPSA) is 124 Å². The van der Waals surface area contributed by atoms with Crippen LogP contribution in [0.25, 0.3) is 0 Å². The van der Waals surface area contributed by atoms with Gasteiger partial charge in [0.25, 0.3) is 5.91 Å². The van der Waals surface area contributed by atoms with E-state index in [0.717, 1.165) is 0 Å². The minimum Gasteiger partial charge on any atom is -0.444 e. The summed E-state index contributed by atoms with van der Waals surface area (Å²) in [5.41, 5.74) is 5.78. The summed E-state index contributed by atoms with van der Waals surface area (Å²) in [6, 6.07) is 6.73. The number of para-hydroxylation sites is 1. The lowest BCUT2D eigenvalue weighted by Crippen LogP contribution is -2.40. The summed E-state index contributed by atoms with van der Waals surface area (Å²) < 4.78 is 10.6. The Morgan fingerprint density at radius 2 is 2.00 bits per heavy atom. The molecule has 0 spiro atoms. The van der Waals surface area contributed by atoms with Crippen molar-refractivity contribution < 1.29 is 18.8 Å². The molecule has 0 radical (unpaired) electrons. The van der Waals surface area contributed by atoms with Crippen molar-refractivity contribution in [2.75, 3.05) is 12.4 Å². The van der Waals surface area contributed by atoms with Gasteiger partial charge in [-0.15, -0.1) is 0 Å². The molecule has 0 aliphatic heterocycles. The molecule has 0 aliphatic carbocycles. The van der Waals surface area contributed by atoms with Gasteiger partial charge in [-0.3, -0.25) is 4.79 Å². The maximum atomic E-state index is 12.1. The van der Waals surface area contributed by atoms with Crippen molar-refractivity contribution in [2.24, 2.45) is 5.73 Å². The van der Waals surface area contributed by atoms with E-state index >= 15 is 0 Å². The van der Waals surface area contributed by atoms with Gasteiger partial charge in [-0.1, -0.05) is 17.3 Å². The summed E-state index contributed by atoms with van der Waals surface area (Å²) in [7, 11) is 1.67. The van der Waals surface area contributed by atoms with Gasteiger partial charge in [0.2, 0.25) is 5.89 Å². The number of benzene rings is 1. The van der Waals surface area contributed by atoms with Crippen molar-refractivity contribution in [1.29, 1.82) is 0 Å². The van der Waals surface area contributed by atoms with Crippen molar-refractivity contribution in [1.82, 2.24) is 15.0 Å². The first-order valence-electron chi connectivity index (χ1n) is 8.97. The predicted molar refractivity (Wildman–Crippen MR) is 104 cm³/mol. The molecule has 0 saturated heterocycles. The molecule has 1 heterocycles. The van der Waals surface area contributed by atoms with Gasteiger partial charge in [0.05, 0.1) is 12.1 Å². The highest BCUT2D eigenvalue weighted by molar-refractivity contribution is 5.98. The number of hydrogen-bond donors (Lipinski definition) is 2. The van der Waals surface area contributed by atoms with E-state index in [4.69, 9.17) is 15.0 Å². The predicted octanol–water partition coefficient (Wildman–Crippen LogP) is 2.58. The van der Waals surface area contributed by atoms with Gasteiger partial charge in [-0.25, -0.2) is 4.79 Å². The highest BCUT2D eigenvalue weighted by Crippen LogP contribution is 2.16. The molecule has 0 fully saturated rings. The zero-order valence-electron chi connectivity index (χ0n) is 16.9. The molecule has 0 unspecified atom stereocenters. The lowest BCUT2D eigenvalue weighted by atomic mass is 10.1. The molecule has 28 heavy (non-hydrogen) atoms. The molecule has 1 aromatic carbocycles. The van der Waals surface area contributed by atoms with Crippen LogP contribution in [0.5, 0.6) is 0 Å². The van der Waals surface area contributed by atoms with Gasteiger partial charge in [0.15, 0.2) is 5.82 Å². The summed E-state index contributed by atoms with van der Waals surface area (Å²) in [6.45, 7) is 7.57. The summed E-state index contributed by atoms with van der Waals surface area (Å²) in [5.74, 6) is 0.317. The number of likely N-dealkylation sites (N-methyl/N-ethyl adjacent to an activating group) is 1. The smallest absolute Gasteiger partial charge is 0.410 e. The molecule has 0 aliphatic rings. The fourth-order valence-electron chi connectivity index (χ4n) is 2.38. The van der Waals surface area contributed by atoms with Crippen LogP contribution in [0.15, 0.2) is 28.8 Å². The van der Waals surface area contributed by atoms with Crippen molar-refractivity contribution in [3.05, 3.63) is 41.5 Å². The number of nitrogens with zero attached hydrogens (tertiary/aromatic N) is 3. The molecule has 152 valence electrons. The van der Waals surface area contributed by atoms with Gasteiger partial charge in [0.1, 0.15) is 5.60 Å². The molecule has 0 bridgehead atoms. The van der Waals surface area contributed by atoms with Crippen molar-refractivity contribution in [3.8, 4) is 0 Å². The first kappa shape index (κ1) is 21.2. The second-order valence-electron chi connectivity index (χ2n) is 7.51. The van der Waals surface area contributed by atoms with Gasteiger partial charge >= 0.3 is 6.09 Å². The van der Waals surface area contributed by atoms with E-state index in [1.54, 1.807) is 31.3 Å². The lowest BCUT2D eigenvalue weighted by molar-refractivity contribution is 0.0234. The van der Waals surface area contributed by atoms with Gasteiger partial charge < -0.3 is 25.2 Å². The van der Waals surface area contributed by atoms with Crippen LogP contribution in [0.4, 0.5) is 10.5 Å². The van der Waals surface area contributed by atoms with Crippen LogP contribution < -0.4 is 11.1 Å². The van der Waals surface area contributed by atoms with Crippen LogP contribution in [0, 0.1) is 0 Å². The highest BCUT2D eigenvalue weighted by atomic mass is 16.6.